The standard InChI is InChI=1S/C9H9IN4O2/c1-5-9(16)13-7(15)3-14(5)8-6(10)2-11-4-12-8/h2,4-5H,3H2,1H3,(H,13,15,16). The van der Waals surface area contributed by atoms with Gasteiger partial charge in [-0.05, 0) is 29.5 Å². The second kappa shape index (κ2) is 4.32. The lowest BCUT2D eigenvalue weighted by atomic mass is 10.2. The molecule has 1 saturated heterocycles. The fourth-order valence-electron chi connectivity index (χ4n) is 1.49. The van der Waals surface area contributed by atoms with Crippen LogP contribution in [-0.4, -0.2) is 34.4 Å². The molecule has 0 spiro atoms. The molecule has 1 aromatic heterocycles. The summed E-state index contributed by atoms with van der Waals surface area (Å²) in [6.45, 7) is 1.87. The first kappa shape index (κ1) is 11.2. The minimum absolute atomic E-state index is 0.139. The SMILES string of the molecule is CC1C(=O)NC(=O)CN1c1ncncc1I. The second-order valence-corrected chi connectivity index (χ2v) is 4.57. The highest BCUT2D eigenvalue weighted by atomic mass is 127. The zero-order valence-corrected chi connectivity index (χ0v) is 10.6. The van der Waals surface area contributed by atoms with E-state index in [9.17, 15) is 9.59 Å². The third-order valence-corrected chi connectivity index (χ3v) is 3.10. The average Bonchev–Trinajstić information content (AvgIpc) is 2.24. The zero-order chi connectivity index (χ0) is 11.7. The molecule has 84 valence electrons. The Morgan fingerprint density at radius 1 is 1.56 bits per heavy atom. The molecule has 6 nitrogen and oxygen atoms in total. The van der Waals surface area contributed by atoms with E-state index in [0.717, 1.165) is 3.57 Å². The number of hydrogen-bond donors (Lipinski definition) is 1. The molecule has 0 radical (unpaired) electrons. The summed E-state index contributed by atoms with van der Waals surface area (Å²) in [7, 11) is 0. The molecule has 1 N–H and O–H groups in total. The van der Waals surface area contributed by atoms with Crippen molar-refractivity contribution in [2.24, 2.45) is 0 Å². The predicted molar refractivity (Wildman–Crippen MR) is 64.7 cm³/mol. The fraction of sp³-hybridized carbons (Fsp3) is 0.333. The van der Waals surface area contributed by atoms with Gasteiger partial charge in [0.2, 0.25) is 11.8 Å². The first-order valence-corrected chi connectivity index (χ1v) is 5.73. The largest absolute Gasteiger partial charge is 0.335 e. The van der Waals surface area contributed by atoms with Gasteiger partial charge in [-0.1, -0.05) is 0 Å². The molecule has 1 atom stereocenters. The summed E-state index contributed by atoms with van der Waals surface area (Å²) >= 11 is 2.08. The van der Waals surface area contributed by atoms with Gasteiger partial charge in [-0.15, -0.1) is 0 Å². The highest BCUT2D eigenvalue weighted by Gasteiger charge is 2.31. The Hall–Kier alpha value is -1.25. The number of rotatable bonds is 1. The molecule has 1 aliphatic rings. The van der Waals surface area contributed by atoms with Gasteiger partial charge in [-0.3, -0.25) is 14.9 Å². The maximum Gasteiger partial charge on any atom is 0.249 e. The Morgan fingerprint density at radius 2 is 2.31 bits per heavy atom. The Balaban J connectivity index is 2.36. The van der Waals surface area contributed by atoms with Gasteiger partial charge >= 0.3 is 0 Å². The zero-order valence-electron chi connectivity index (χ0n) is 8.48. The number of aromatic nitrogens is 2. The summed E-state index contributed by atoms with van der Waals surface area (Å²) in [6.07, 6.45) is 3.05. The van der Waals surface area contributed by atoms with Crippen LogP contribution in [0.3, 0.4) is 0 Å². The molecule has 0 aliphatic carbocycles. The number of amides is 2. The first-order chi connectivity index (χ1) is 7.59. The number of halogens is 1. The molecule has 1 aliphatic heterocycles. The molecule has 1 fully saturated rings. The molecule has 0 aromatic carbocycles. The van der Waals surface area contributed by atoms with Gasteiger partial charge in [-0.2, -0.15) is 0 Å². The minimum Gasteiger partial charge on any atom is -0.335 e. The van der Waals surface area contributed by atoms with Crippen LogP contribution in [0.2, 0.25) is 0 Å². The van der Waals surface area contributed by atoms with Crippen molar-refractivity contribution in [3.05, 3.63) is 16.1 Å². The van der Waals surface area contributed by atoms with Crippen LogP contribution >= 0.6 is 22.6 Å². The number of hydrogen-bond acceptors (Lipinski definition) is 5. The molecular formula is C9H9IN4O2. The number of carbonyl (C=O) groups is 2. The third-order valence-electron chi connectivity index (χ3n) is 2.34. The normalized spacial score (nSPS) is 20.9. The van der Waals surface area contributed by atoms with Crippen LogP contribution in [-0.2, 0) is 9.59 Å². The Bertz CT molecular complexity index is 451. The van der Waals surface area contributed by atoms with Crippen LogP contribution in [0.15, 0.2) is 12.5 Å². The lowest BCUT2D eigenvalue weighted by Crippen LogP contribution is -2.57. The molecular weight excluding hydrogens is 323 g/mol. The molecule has 2 amide bonds. The van der Waals surface area contributed by atoms with E-state index in [1.54, 1.807) is 18.0 Å². The van der Waals surface area contributed by atoms with Gasteiger partial charge in [0.1, 0.15) is 18.2 Å². The van der Waals surface area contributed by atoms with E-state index in [1.165, 1.54) is 6.33 Å². The smallest absolute Gasteiger partial charge is 0.249 e. The van der Waals surface area contributed by atoms with Crippen molar-refractivity contribution < 1.29 is 9.59 Å². The average molecular weight is 332 g/mol. The van der Waals surface area contributed by atoms with Gasteiger partial charge < -0.3 is 4.90 Å². The molecule has 2 rings (SSSR count). The number of carbonyl (C=O) groups excluding carboxylic acids is 2. The van der Waals surface area contributed by atoms with Crippen LogP contribution in [0.4, 0.5) is 5.82 Å². The molecule has 2 heterocycles. The van der Waals surface area contributed by atoms with Crippen molar-refractivity contribution in [1.29, 1.82) is 0 Å². The molecule has 7 heteroatoms. The lowest BCUT2D eigenvalue weighted by Gasteiger charge is -2.32. The van der Waals surface area contributed by atoms with E-state index in [0.29, 0.717) is 5.82 Å². The van der Waals surface area contributed by atoms with Crippen molar-refractivity contribution in [3.63, 3.8) is 0 Å². The second-order valence-electron chi connectivity index (χ2n) is 3.41. The maximum atomic E-state index is 11.5. The Labute approximate surface area is 106 Å². The van der Waals surface area contributed by atoms with Crippen LogP contribution in [0.1, 0.15) is 6.92 Å². The Morgan fingerprint density at radius 3 is 3.00 bits per heavy atom. The van der Waals surface area contributed by atoms with Crippen molar-refractivity contribution in [2.75, 3.05) is 11.4 Å². The first-order valence-electron chi connectivity index (χ1n) is 4.65. The quantitative estimate of drug-likeness (QED) is 0.576. The summed E-state index contributed by atoms with van der Waals surface area (Å²) in [4.78, 5) is 32.4. The van der Waals surface area contributed by atoms with Crippen molar-refractivity contribution in [1.82, 2.24) is 15.3 Å². The van der Waals surface area contributed by atoms with Gasteiger partial charge in [-0.25, -0.2) is 9.97 Å². The predicted octanol–water partition coefficient (Wildman–Crippen LogP) is -0.0675. The van der Waals surface area contributed by atoms with E-state index in [4.69, 9.17) is 0 Å². The Kier molecular flexibility index (Phi) is 3.03. The number of anilines is 1. The monoisotopic (exact) mass is 332 g/mol. The minimum atomic E-state index is -0.402. The fourth-order valence-corrected chi connectivity index (χ4v) is 2.10. The van der Waals surface area contributed by atoms with Crippen LogP contribution in [0.5, 0.6) is 0 Å². The van der Waals surface area contributed by atoms with E-state index in [1.807, 2.05) is 0 Å². The topological polar surface area (TPSA) is 75.2 Å². The number of nitrogens with zero attached hydrogens (tertiary/aromatic N) is 3. The van der Waals surface area contributed by atoms with E-state index < -0.39 is 6.04 Å². The lowest BCUT2D eigenvalue weighted by molar-refractivity contribution is -0.132. The summed E-state index contributed by atoms with van der Waals surface area (Å²) in [5, 5.41) is 2.28. The van der Waals surface area contributed by atoms with Crippen LogP contribution in [0.25, 0.3) is 0 Å². The maximum absolute atomic E-state index is 11.5. The summed E-state index contributed by atoms with van der Waals surface area (Å²) < 4.78 is 0.814. The summed E-state index contributed by atoms with van der Waals surface area (Å²) in [5.74, 6) is 0.00877. The third kappa shape index (κ3) is 1.99. The van der Waals surface area contributed by atoms with Gasteiger partial charge in [0, 0.05) is 6.20 Å². The van der Waals surface area contributed by atoms with Gasteiger partial charge in [0.25, 0.3) is 0 Å². The van der Waals surface area contributed by atoms with E-state index in [-0.39, 0.29) is 18.4 Å². The van der Waals surface area contributed by atoms with Crippen molar-refractivity contribution >= 4 is 40.2 Å². The molecule has 0 bridgehead atoms. The van der Waals surface area contributed by atoms with Crippen molar-refractivity contribution in [3.8, 4) is 0 Å². The highest BCUT2D eigenvalue weighted by Crippen LogP contribution is 2.21. The van der Waals surface area contributed by atoms with E-state index >= 15 is 0 Å². The molecule has 1 unspecified atom stereocenters. The van der Waals surface area contributed by atoms with Crippen LogP contribution < -0.4 is 10.2 Å². The molecule has 16 heavy (non-hydrogen) atoms. The number of nitrogens with one attached hydrogen (secondary N) is 1. The summed E-state index contributed by atoms with van der Waals surface area (Å²) in [6, 6.07) is -0.402. The molecule has 0 saturated carbocycles. The van der Waals surface area contributed by atoms with Crippen LogP contribution in [0, 0.1) is 3.57 Å². The number of imide groups is 1. The highest BCUT2D eigenvalue weighted by molar-refractivity contribution is 14.1. The van der Waals surface area contributed by atoms with Gasteiger partial charge in [0.15, 0.2) is 0 Å². The molecule has 1 aromatic rings. The van der Waals surface area contributed by atoms with Crippen molar-refractivity contribution in [2.45, 2.75) is 13.0 Å². The summed E-state index contributed by atoms with van der Waals surface area (Å²) in [5.41, 5.74) is 0. The van der Waals surface area contributed by atoms with E-state index in [2.05, 4.69) is 37.9 Å². The van der Waals surface area contributed by atoms with Gasteiger partial charge in [0.05, 0.1) is 10.1 Å². The number of piperazine rings is 1.